The Morgan fingerprint density at radius 1 is 1.20 bits per heavy atom. The fourth-order valence-electron chi connectivity index (χ4n) is 3.34. The number of rotatable bonds is 2. The Balaban J connectivity index is 2.54. The van der Waals surface area contributed by atoms with Gasteiger partial charge in [0.1, 0.15) is 0 Å². The average molecular weight is 276 g/mol. The van der Waals surface area contributed by atoms with Crippen LogP contribution in [0.4, 0.5) is 4.79 Å². The van der Waals surface area contributed by atoms with Crippen molar-refractivity contribution in [3.05, 3.63) is 35.9 Å². The molecule has 0 aliphatic carbocycles. The van der Waals surface area contributed by atoms with Crippen LogP contribution >= 0.6 is 0 Å². The number of carboxylic acid groups (broad SMARTS) is 1. The molecule has 1 aromatic rings. The molecule has 1 saturated heterocycles. The summed E-state index contributed by atoms with van der Waals surface area (Å²) in [4.78, 5) is 13.6. The van der Waals surface area contributed by atoms with E-state index in [1.807, 2.05) is 51.1 Å². The van der Waals surface area contributed by atoms with Crippen LogP contribution in [0.2, 0.25) is 0 Å². The van der Waals surface area contributed by atoms with Gasteiger partial charge in [-0.3, -0.25) is 4.90 Å². The number of nitrogens with one attached hydrogen (secondary N) is 1. The molecule has 0 aromatic heterocycles. The van der Waals surface area contributed by atoms with E-state index in [4.69, 9.17) is 0 Å². The van der Waals surface area contributed by atoms with Crippen LogP contribution in [0.15, 0.2) is 30.3 Å². The number of amides is 1. The summed E-state index contributed by atoms with van der Waals surface area (Å²) < 4.78 is 0. The van der Waals surface area contributed by atoms with Crippen molar-refractivity contribution in [2.45, 2.75) is 44.7 Å². The lowest BCUT2D eigenvalue weighted by Gasteiger charge is -2.51. The predicted molar refractivity (Wildman–Crippen MR) is 79.8 cm³/mol. The van der Waals surface area contributed by atoms with Crippen LogP contribution in [0, 0.1) is 0 Å². The molecule has 1 aliphatic heterocycles. The highest BCUT2D eigenvalue weighted by atomic mass is 16.4. The van der Waals surface area contributed by atoms with Gasteiger partial charge in [0, 0.05) is 5.54 Å². The van der Waals surface area contributed by atoms with Gasteiger partial charge in [0.25, 0.3) is 0 Å². The van der Waals surface area contributed by atoms with Crippen LogP contribution in [0.1, 0.15) is 39.2 Å². The van der Waals surface area contributed by atoms with Gasteiger partial charge in [0.15, 0.2) is 0 Å². The van der Waals surface area contributed by atoms with Gasteiger partial charge >= 0.3 is 6.09 Å². The molecule has 0 spiro atoms. The fourth-order valence-corrected chi connectivity index (χ4v) is 3.34. The summed E-state index contributed by atoms with van der Waals surface area (Å²) in [6, 6.07) is 10.0. The number of carbonyl (C=O) groups is 1. The third-order valence-corrected chi connectivity index (χ3v) is 4.03. The normalized spacial score (nSPS) is 18.6. The first-order valence-corrected chi connectivity index (χ1v) is 7.17. The van der Waals surface area contributed by atoms with Crippen LogP contribution in [-0.4, -0.2) is 34.7 Å². The van der Waals surface area contributed by atoms with E-state index in [0.29, 0.717) is 0 Å². The molecule has 1 heterocycles. The van der Waals surface area contributed by atoms with Crippen LogP contribution in [-0.2, 0) is 5.54 Å². The first kappa shape index (κ1) is 14.9. The Morgan fingerprint density at radius 2 is 1.75 bits per heavy atom. The van der Waals surface area contributed by atoms with Crippen LogP contribution in [0.3, 0.4) is 0 Å². The molecule has 1 aliphatic rings. The van der Waals surface area contributed by atoms with E-state index in [2.05, 4.69) is 5.32 Å². The van der Waals surface area contributed by atoms with Crippen molar-refractivity contribution in [3.8, 4) is 0 Å². The van der Waals surface area contributed by atoms with Crippen molar-refractivity contribution < 1.29 is 9.90 Å². The Morgan fingerprint density at radius 3 is 2.20 bits per heavy atom. The molecule has 0 unspecified atom stereocenters. The Bertz CT molecular complexity index is 459. The van der Waals surface area contributed by atoms with Gasteiger partial charge in [-0.1, -0.05) is 30.3 Å². The lowest BCUT2D eigenvalue weighted by molar-refractivity contribution is -0.00475. The maximum atomic E-state index is 11.9. The van der Waals surface area contributed by atoms with Crippen molar-refractivity contribution >= 4 is 6.09 Å². The Kier molecular flexibility index (Phi) is 4.04. The van der Waals surface area contributed by atoms with Crippen LogP contribution in [0.5, 0.6) is 0 Å². The summed E-state index contributed by atoms with van der Waals surface area (Å²) in [5.74, 6) is 0. The third-order valence-electron chi connectivity index (χ3n) is 4.03. The zero-order valence-corrected chi connectivity index (χ0v) is 12.5. The van der Waals surface area contributed by atoms with Crippen molar-refractivity contribution in [3.63, 3.8) is 0 Å². The summed E-state index contributed by atoms with van der Waals surface area (Å²) in [5.41, 5.74) is 0.231. The number of hydrogen-bond acceptors (Lipinski definition) is 2. The zero-order chi connectivity index (χ0) is 14.8. The minimum atomic E-state index is -0.844. The van der Waals surface area contributed by atoms with Crippen LogP contribution in [0.25, 0.3) is 0 Å². The van der Waals surface area contributed by atoms with E-state index >= 15 is 0 Å². The molecule has 0 bridgehead atoms. The second-order valence-electron chi connectivity index (χ2n) is 6.44. The first-order valence-electron chi connectivity index (χ1n) is 7.17. The van der Waals surface area contributed by atoms with E-state index in [0.717, 1.165) is 31.5 Å². The highest BCUT2D eigenvalue weighted by molar-refractivity contribution is 5.68. The standard InChI is InChI=1S/C16H24N2O2/c1-15(2,3)18(14(19)20)16(9-11-17-12-10-16)13-7-5-4-6-8-13/h4-8,17H,9-12H2,1-3H3,(H,19,20). The van der Waals surface area contributed by atoms with Gasteiger partial charge in [-0.15, -0.1) is 0 Å². The zero-order valence-electron chi connectivity index (χ0n) is 12.5. The van der Waals surface area contributed by atoms with Gasteiger partial charge in [0.05, 0.1) is 5.54 Å². The average Bonchev–Trinajstić information content (AvgIpc) is 2.38. The number of benzene rings is 1. The lowest BCUT2D eigenvalue weighted by Crippen LogP contribution is -2.60. The molecule has 0 atom stereocenters. The highest BCUT2D eigenvalue weighted by Crippen LogP contribution is 2.41. The molecular formula is C16H24N2O2. The molecule has 110 valence electrons. The molecule has 2 rings (SSSR count). The van der Waals surface area contributed by atoms with E-state index < -0.39 is 17.2 Å². The van der Waals surface area contributed by atoms with Gasteiger partial charge < -0.3 is 10.4 Å². The Hall–Kier alpha value is -1.55. The fraction of sp³-hybridized carbons (Fsp3) is 0.562. The van der Waals surface area contributed by atoms with Crippen molar-refractivity contribution in [1.29, 1.82) is 0 Å². The summed E-state index contributed by atoms with van der Waals surface area (Å²) in [6.45, 7) is 7.58. The maximum absolute atomic E-state index is 11.9. The molecule has 0 radical (unpaired) electrons. The molecular weight excluding hydrogens is 252 g/mol. The Labute approximate surface area is 120 Å². The summed E-state index contributed by atoms with van der Waals surface area (Å²) >= 11 is 0. The van der Waals surface area contributed by atoms with E-state index in [9.17, 15) is 9.90 Å². The minimum Gasteiger partial charge on any atom is -0.465 e. The van der Waals surface area contributed by atoms with Gasteiger partial charge in [0.2, 0.25) is 0 Å². The molecule has 1 amide bonds. The monoisotopic (exact) mass is 276 g/mol. The molecule has 4 heteroatoms. The molecule has 4 nitrogen and oxygen atoms in total. The van der Waals surface area contributed by atoms with Gasteiger partial charge in [-0.25, -0.2) is 4.79 Å². The molecule has 20 heavy (non-hydrogen) atoms. The van der Waals surface area contributed by atoms with Gasteiger partial charge in [-0.05, 0) is 52.3 Å². The van der Waals surface area contributed by atoms with Crippen LogP contribution < -0.4 is 5.32 Å². The molecule has 0 saturated carbocycles. The number of nitrogens with zero attached hydrogens (tertiary/aromatic N) is 1. The number of hydrogen-bond donors (Lipinski definition) is 2. The number of piperidine rings is 1. The minimum absolute atomic E-state index is 0.432. The summed E-state index contributed by atoms with van der Waals surface area (Å²) in [6.07, 6.45) is 0.768. The predicted octanol–water partition coefficient (Wildman–Crippen LogP) is 3.04. The summed E-state index contributed by atoms with van der Waals surface area (Å²) in [7, 11) is 0. The molecule has 1 fully saturated rings. The largest absolute Gasteiger partial charge is 0.465 e. The molecule has 2 N–H and O–H groups in total. The first-order chi connectivity index (χ1) is 9.38. The van der Waals surface area contributed by atoms with E-state index in [1.165, 1.54) is 0 Å². The summed E-state index contributed by atoms with van der Waals surface area (Å²) in [5, 5.41) is 13.1. The quantitative estimate of drug-likeness (QED) is 0.873. The van der Waals surface area contributed by atoms with Crippen molar-refractivity contribution in [1.82, 2.24) is 10.2 Å². The highest BCUT2D eigenvalue weighted by Gasteiger charge is 2.47. The second kappa shape index (κ2) is 5.44. The lowest BCUT2D eigenvalue weighted by atomic mass is 9.77. The van der Waals surface area contributed by atoms with Crippen molar-refractivity contribution in [2.24, 2.45) is 0 Å². The van der Waals surface area contributed by atoms with Crippen molar-refractivity contribution in [2.75, 3.05) is 13.1 Å². The van der Waals surface area contributed by atoms with E-state index in [-0.39, 0.29) is 0 Å². The topological polar surface area (TPSA) is 52.6 Å². The third kappa shape index (κ3) is 2.66. The smallest absolute Gasteiger partial charge is 0.408 e. The molecule has 1 aromatic carbocycles. The second-order valence-corrected chi connectivity index (χ2v) is 6.44. The van der Waals surface area contributed by atoms with E-state index in [1.54, 1.807) is 4.90 Å². The maximum Gasteiger partial charge on any atom is 0.408 e. The SMILES string of the molecule is CC(C)(C)N(C(=O)O)C1(c2ccccc2)CCNCC1. The van der Waals surface area contributed by atoms with Gasteiger partial charge in [-0.2, -0.15) is 0 Å².